The average Bonchev–Trinajstić information content (AvgIpc) is 2.69. The van der Waals surface area contributed by atoms with Crippen LogP contribution in [0.15, 0.2) is 17.1 Å². The summed E-state index contributed by atoms with van der Waals surface area (Å²) in [5, 5.41) is 3.47. The van der Waals surface area contributed by atoms with Crippen LogP contribution in [0.3, 0.4) is 0 Å². The highest BCUT2D eigenvalue weighted by molar-refractivity contribution is 9.11. The van der Waals surface area contributed by atoms with Crippen molar-refractivity contribution in [3.8, 4) is 0 Å². The molecule has 0 amide bonds. The summed E-state index contributed by atoms with van der Waals surface area (Å²) in [5.41, 5.74) is 1.59. The molecule has 1 nitrogen and oxygen atoms in total. The Bertz CT molecular complexity index is 360. The van der Waals surface area contributed by atoms with Gasteiger partial charge in [-0.2, -0.15) is 0 Å². The fourth-order valence-electron chi connectivity index (χ4n) is 2.09. The minimum atomic E-state index is 0.435. The first-order chi connectivity index (χ1) is 7.66. The predicted molar refractivity (Wildman–Crippen MR) is 75.4 cm³/mol. The van der Waals surface area contributed by atoms with Crippen molar-refractivity contribution in [1.82, 2.24) is 5.32 Å². The second-order valence-corrected chi connectivity index (χ2v) is 6.71. The molecule has 0 spiro atoms. The van der Waals surface area contributed by atoms with Crippen LogP contribution in [0.1, 0.15) is 41.1 Å². The zero-order valence-electron chi connectivity index (χ0n) is 9.68. The highest BCUT2D eigenvalue weighted by atomic mass is 79.9. The summed E-state index contributed by atoms with van der Waals surface area (Å²) in [4.78, 5) is 3.09. The molecule has 3 heteroatoms. The van der Waals surface area contributed by atoms with Crippen molar-refractivity contribution >= 4 is 27.3 Å². The number of hydrogen-bond acceptors (Lipinski definition) is 2. The number of rotatable bonds is 4. The maximum atomic E-state index is 3.84. The molecule has 2 rings (SSSR count). The van der Waals surface area contributed by atoms with Gasteiger partial charge in [0.15, 0.2) is 0 Å². The van der Waals surface area contributed by atoms with Gasteiger partial charge in [-0.25, -0.2) is 0 Å². The smallest absolute Gasteiger partial charge is 0.0389 e. The van der Waals surface area contributed by atoms with Gasteiger partial charge < -0.3 is 5.32 Å². The molecule has 1 aliphatic carbocycles. The Hall–Kier alpha value is -0.120. The molecule has 88 valence electrons. The van der Waals surface area contributed by atoms with Crippen LogP contribution in [0, 0.1) is 0 Å². The van der Waals surface area contributed by atoms with Gasteiger partial charge in [0, 0.05) is 26.8 Å². The molecule has 0 saturated carbocycles. The molecule has 1 aromatic heterocycles. The lowest BCUT2D eigenvalue weighted by Gasteiger charge is -2.10. The maximum absolute atomic E-state index is 3.84. The second-order valence-electron chi connectivity index (χ2n) is 4.42. The van der Waals surface area contributed by atoms with Gasteiger partial charge in [0.25, 0.3) is 0 Å². The number of nitrogens with one attached hydrogen (secondary N) is 1. The lowest BCUT2D eigenvalue weighted by Crippen LogP contribution is -2.18. The van der Waals surface area contributed by atoms with E-state index in [9.17, 15) is 0 Å². The van der Waals surface area contributed by atoms with E-state index in [2.05, 4.69) is 40.8 Å². The summed E-state index contributed by atoms with van der Waals surface area (Å²) >= 11 is 5.37. The van der Waals surface area contributed by atoms with Gasteiger partial charge in [-0.3, -0.25) is 0 Å². The van der Waals surface area contributed by atoms with Crippen LogP contribution in [0.25, 0.3) is 0 Å². The predicted octanol–water partition coefficient (Wildman–Crippen LogP) is 4.19. The van der Waals surface area contributed by atoms with E-state index < -0.39 is 0 Å². The van der Waals surface area contributed by atoms with E-state index in [0.29, 0.717) is 6.04 Å². The summed E-state index contributed by atoms with van der Waals surface area (Å²) in [6, 6.07) is 2.83. The normalized spacial score (nSPS) is 16.9. The van der Waals surface area contributed by atoms with Crippen molar-refractivity contribution < 1.29 is 0 Å². The third kappa shape index (κ3) is 2.96. The number of hydrogen-bond donors (Lipinski definition) is 1. The number of fused-ring (bicyclic) bond motifs is 1. The van der Waals surface area contributed by atoms with Crippen LogP contribution in [-0.2, 0) is 12.8 Å². The molecule has 0 fully saturated rings. The van der Waals surface area contributed by atoms with Crippen molar-refractivity contribution in [3.63, 3.8) is 0 Å². The zero-order chi connectivity index (χ0) is 11.5. The second kappa shape index (κ2) is 5.48. The molecule has 0 bridgehead atoms. The third-order valence-electron chi connectivity index (χ3n) is 3.04. The summed E-state index contributed by atoms with van der Waals surface area (Å²) in [7, 11) is 0. The van der Waals surface area contributed by atoms with E-state index in [1.165, 1.54) is 30.6 Å². The van der Waals surface area contributed by atoms with Crippen molar-refractivity contribution in [2.24, 2.45) is 0 Å². The van der Waals surface area contributed by atoms with Crippen molar-refractivity contribution in [1.29, 1.82) is 0 Å². The maximum Gasteiger partial charge on any atom is 0.0389 e. The molecule has 1 atom stereocenters. The summed E-state index contributed by atoms with van der Waals surface area (Å²) < 4.78 is 1.01. The van der Waals surface area contributed by atoms with Crippen LogP contribution in [0.2, 0.25) is 0 Å². The van der Waals surface area contributed by atoms with Gasteiger partial charge in [0.1, 0.15) is 0 Å². The van der Waals surface area contributed by atoms with Crippen molar-refractivity contribution in [3.05, 3.63) is 32.4 Å². The monoisotopic (exact) mass is 299 g/mol. The third-order valence-corrected chi connectivity index (χ3v) is 4.74. The van der Waals surface area contributed by atoms with E-state index in [1.807, 2.05) is 11.3 Å². The minimum absolute atomic E-state index is 0.435. The standard InChI is InChI=1S/C13H18BrNS/c1-9(14)8-15-10(2)13-7-11-5-3-4-6-12(11)16-13/h7,10,15H,1,3-6,8H2,2H3. The molecule has 0 aromatic carbocycles. The molecule has 0 radical (unpaired) electrons. The lowest BCUT2D eigenvalue weighted by molar-refractivity contribution is 0.625. The van der Waals surface area contributed by atoms with Crippen LogP contribution in [-0.4, -0.2) is 6.54 Å². The first-order valence-electron chi connectivity index (χ1n) is 5.85. The van der Waals surface area contributed by atoms with Gasteiger partial charge in [0.2, 0.25) is 0 Å². The Morgan fingerprint density at radius 3 is 3.00 bits per heavy atom. The average molecular weight is 300 g/mol. The molecule has 1 unspecified atom stereocenters. The fraction of sp³-hybridized carbons (Fsp3) is 0.538. The number of thiophene rings is 1. The van der Waals surface area contributed by atoms with E-state index in [-0.39, 0.29) is 0 Å². The topological polar surface area (TPSA) is 12.0 Å². The Labute approximate surface area is 110 Å². The van der Waals surface area contributed by atoms with Gasteiger partial charge in [-0.15, -0.1) is 11.3 Å². The Morgan fingerprint density at radius 1 is 1.56 bits per heavy atom. The Morgan fingerprint density at radius 2 is 2.31 bits per heavy atom. The summed E-state index contributed by atoms with van der Waals surface area (Å²) in [5.74, 6) is 0. The van der Waals surface area contributed by atoms with E-state index in [4.69, 9.17) is 0 Å². The SMILES string of the molecule is C=C(Br)CNC(C)c1cc2c(s1)CCCC2. The van der Waals surface area contributed by atoms with Gasteiger partial charge >= 0.3 is 0 Å². The van der Waals surface area contributed by atoms with Gasteiger partial charge in [-0.1, -0.05) is 22.5 Å². The lowest BCUT2D eigenvalue weighted by atomic mass is 9.99. The highest BCUT2D eigenvalue weighted by Crippen LogP contribution is 2.32. The fourth-order valence-corrected chi connectivity index (χ4v) is 3.54. The first kappa shape index (κ1) is 12.3. The molecule has 1 aliphatic rings. The summed E-state index contributed by atoms with van der Waals surface area (Å²) in [6.07, 6.45) is 5.30. The zero-order valence-corrected chi connectivity index (χ0v) is 12.1. The van der Waals surface area contributed by atoms with Crippen LogP contribution < -0.4 is 5.32 Å². The molecule has 1 N–H and O–H groups in total. The van der Waals surface area contributed by atoms with Crippen LogP contribution >= 0.6 is 27.3 Å². The molecular weight excluding hydrogens is 282 g/mol. The van der Waals surface area contributed by atoms with Gasteiger partial charge in [0.05, 0.1) is 0 Å². The van der Waals surface area contributed by atoms with E-state index in [1.54, 1.807) is 10.4 Å². The largest absolute Gasteiger partial charge is 0.305 e. The van der Waals surface area contributed by atoms with Gasteiger partial charge in [-0.05, 0) is 44.2 Å². The van der Waals surface area contributed by atoms with Crippen LogP contribution in [0.5, 0.6) is 0 Å². The highest BCUT2D eigenvalue weighted by Gasteiger charge is 2.16. The van der Waals surface area contributed by atoms with E-state index in [0.717, 1.165) is 11.0 Å². The molecule has 0 aliphatic heterocycles. The molecular formula is C13H18BrNS. The van der Waals surface area contributed by atoms with Crippen molar-refractivity contribution in [2.45, 2.75) is 38.6 Å². The van der Waals surface area contributed by atoms with E-state index >= 15 is 0 Å². The molecule has 1 heterocycles. The number of halogens is 1. The number of aryl methyl sites for hydroxylation is 2. The Kier molecular flexibility index (Phi) is 4.22. The minimum Gasteiger partial charge on any atom is -0.305 e. The Balaban J connectivity index is 2.03. The van der Waals surface area contributed by atoms with Crippen LogP contribution in [0.4, 0.5) is 0 Å². The summed E-state index contributed by atoms with van der Waals surface area (Å²) in [6.45, 7) is 6.91. The first-order valence-corrected chi connectivity index (χ1v) is 7.46. The molecule has 0 saturated heterocycles. The molecule has 1 aromatic rings. The van der Waals surface area contributed by atoms with Crippen molar-refractivity contribution in [2.75, 3.05) is 6.54 Å². The molecule has 16 heavy (non-hydrogen) atoms. The quantitative estimate of drug-likeness (QED) is 0.879.